The highest BCUT2D eigenvalue weighted by molar-refractivity contribution is 7.11. The van der Waals surface area contributed by atoms with Gasteiger partial charge in [0.25, 0.3) is 5.91 Å². The average Bonchev–Trinajstić information content (AvgIpc) is 3.21. The molecule has 5 heteroatoms. The smallest absolute Gasteiger partial charge is 0.255 e. The van der Waals surface area contributed by atoms with Gasteiger partial charge < -0.3 is 4.90 Å². The van der Waals surface area contributed by atoms with Crippen LogP contribution in [-0.2, 0) is 6.54 Å². The Morgan fingerprint density at radius 3 is 2.92 bits per heavy atom. The summed E-state index contributed by atoms with van der Waals surface area (Å²) in [6.07, 6.45) is 6.95. The monoisotopic (exact) mass is 355 g/mol. The molecule has 4 heterocycles. The van der Waals surface area contributed by atoms with Crippen molar-refractivity contribution in [2.45, 2.75) is 32.7 Å². The molecule has 1 spiro atoms. The van der Waals surface area contributed by atoms with Crippen molar-refractivity contribution in [2.75, 3.05) is 26.2 Å². The molecule has 0 aliphatic carbocycles. The van der Waals surface area contributed by atoms with Crippen molar-refractivity contribution in [1.29, 1.82) is 0 Å². The number of aryl methyl sites for hydroxylation is 1. The third-order valence-electron chi connectivity index (χ3n) is 5.55. The first-order chi connectivity index (χ1) is 12.1. The summed E-state index contributed by atoms with van der Waals surface area (Å²) in [6, 6.07) is 8.18. The van der Waals surface area contributed by atoms with Crippen LogP contribution >= 0.6 is 11.3 Å². The molecule has 2 aliphatic rings. The van der Waals surface area contributed by atoms with Crippen molar-refractivity contribution in [1.82, 2.24) is 14.8 Å². The number of likely N-dealkylation sites (tertiary alicyclic amines) is 2. The Kier molecular flexibility index (Phi) is 4.61. The zero-order valence-corrected chi connectivity index (χ0v) is 15.6. The van der Waals surface area contributed by atoms with Crippen LogP contribution in [0.2, 0.25) is 0 Å². The van der Waals surface area contributed by atoms with Crippen LogP contribution in [0.15, 0.2) is 36.7 Å². The van der Waals surface area contributed by atoms with E-state index in [-0.39, 0.29) is 11.3 Å². The molecule has 1 unspecified atom stereocenters. The molecule has 132 valence electrons. The van der Waals surface area contributed by atoms with Crippen molar-refractivity contribution in [3.8, 4) is 0 Å². The summed E-state index contributed by atoms with van der Waals surface area (Å²) < 4.78 is 0. The molecule has 0 bridgehead atoms. The van der Waals surface area contributed by atoms with E-state index < -0.39 is 0 Å². The summed E-state index contributed by atoms with van der Waals surface area (Å²) >= 11 is 1.90. The van der Waals surface area contributed by atoms with Crippen LogP contribution in [0.25, 0.3) is 0 Å². The second-order valence-electron chi connectivity index (χ2n) is 7.54. The molecule has 0 saturated carbocycles. The molecular formula is C20H25N3OS. The third-order valence-corrected chi connectivity index (χ3v) is 6.54. The van der Waals surface area contributed by atoms with Gasteiger partial charge in [-0.25, -0.2) is 0 Å². The molecule has 2 aromatic rings. The number of aromatic nitrogens is 1. The van der Waals surface area contributed by atoms with Crippen LogP contribution in [0.5, 0.6) is 0 Å². The van der Waals surface area contributed by atoms with Gasteiger partial charge in [-0.3, -0.25) is 14.7 Å². The molecule has 2 aromatic heterocycles. The minimum absolute atomic E-state index is 0.138. The molecule has 4 rings (SSSR count). The van der Waals surface area contributed by atoms with E-state index in [4.69, 9.17) is 0 Å². The average molecular weight is 356 g/mol. The lowest BCUT2D eigenvalue weighted by Crippen LogP contribution is -2.47. The van der Waals surface area contributed by atoms with Crippen LogP contribution in [0.3, 0.4) is 0 Å². The molecular weight excluding hydrogens is 330 g/mol. The van der Waals surface area contributed by atoms with Crippen LogP contribution in [0.4, 0.5) is 0 Å². The number of nitrogens with zero attached hydrogens (tertiary/aromatic N) is 3. The summed E-state index contributed by atoms with van der Waals surface area (Å²) in [5.41, 5.74) is 0.992. The standard InChI is InChI=1S/C20H25N3OS/c1-16-5-6-18(25-16)13-22-11-8-20(14-22)7-3-10-23(15-20)19(24)17-4-2-9-21-12-17/h2,4-6,9,12H,3,7-8,10-11,13-15H2,1H3. The zero-order valence-electron chi connectivity index (χ0n) is 14.8. The van der Waals surface area contributed by atoms with Gasteiger partial charge in [-0.2, -0.15) is 0 Å². The summed E-state index contributed by atoms with van der Waals surface area (Å²) in [6.45, 7) is 7.24. The maximum Gasteiger partial charge on any atom is 0.255 e. The zero-order chi connectivity index (χ0) is 17.3. The minimum Gasteiger partial charge on any atom is -0.338 e. The Hall–Kier alpha value is -1.72. The van der Waals surface area contributed by atoms with Crippen molar-refractivity contribution >= 4 is 17.2 Å². The number of piperidine rings is 1. The van der Waals surface area contributed by atoms with E-state index in [0.717, 1.165) is 39.1 Å². The molecule has 1 amide bonds. The number of carbonyl (C=O) groups excluding carboxylic acids is 1. The van der Waals surface area contributed by atoms with Crippen molar-refractivity contribution in [3.63, 3.8) is 0 Å². The fourth-order valence-electron chi connectivity index (χ4n) is 4.34. The Balaban J connectivity index is 1.41. The van der Waals surface area contributed by atoms with E-state index >= 15 is 0 Å². The first-order valence-corrected chi connectivity index (χ1v) is 9.92. The second kappa shape index (κ2) is 6.89. The lowest BCUT2D eigenvalue weighted by Gasteiger charge is -2.40. The fraction of sp³-hybridized carbons (Fsp3) is 0.500. The predicted molar refractivity (Wildman–Crippen MR) is 101 cm³/mol. The third kappa shape index (κ3) is 3.62. The van der Waals surface area contributed by atoms with Gasteiger partial charge in [0.1, 0.15) is 0 Å². The normalized spacial score (nSPS) is 24.1. The Morgan fingerprint density at radius 1 is 1.24 bits per heavy atom. The number of carbonyl (C=O) groups is 1. The fourth-order valence-corrected chi connectivity index (χ4v) is 5.27. The van der Waals surface area contributed by atoms with Crippen LogP contribution in [-0.4, -0.2) is 46.9 Å². The lowest BCUT2D eigenvalue weighted by molar-refractivity contribution is 0.0526. The topological polar surface area (TPSA) is 36.4 Å². The molecule has 25 heavy (non-hydrogen) atoms. The highest BCUT2D eigenvalue weighted by atomic mass is 32.1. The number of hydrogen-bond donors (Lipinski definition) is 0. The Bertz CT molecular complexity index is 744. The van der Waals surface area contributed by atoms with Crippen molar-refractivity contribution in [3.05, 3.63) is 52.0 Å². The molecule has 1 atom stereocenters. The van der Waals surface area contributed by atoms with Gasteiger partial charge in [-0.15, -0.1) is 11.3 Å². The number of thiophene rings is 1. The molecule has 2 aliphatic heterocycles. The van der Waals surface area contributed by atoms with Gasteiger partial charge in [0.05, 0.1) is 5.56 Å². The van der Waals surface area contributed by atoms with Crippen LogP contribution < -0.4 is 0 Å². The highest BCUT2D eigenvalue weighted by Gasteiger charge is 2.42. The van der Waals surface area contributed by atoms with Crippen LogP contribution in [0, 0.1) is 12.3 Å². The van der Waals surface area contributed by atoms with Crippen molar-refractivity contribution < 1.29 is 4.79 Å². The number of pyridine rings is 1. The maximum absolute atomic E-state index is 12.8. The van der Waals surface area contributed by atoms with Gasteiger partial charge in [0.2, 0.25) is 0 Å². The van der Waals surface area contributed by atoms with Crippen molar-refractivity contribution in [2.24, 2.45) is 5.41 Å². The second-order valence-corrected chi connectivity index (χ2v) is 8.92. The van der Waals surface area contributed by atoms with E-state index in [2.05, 4.69) is 33.8 Å². The molecule has 0 aromatic carbocycles. The summed E-state index contributed by atoms with van der Waals surface area (Å²) in [7, 11) is 0. The summed E-state index contributed by atoms with van der Waals surface area (Å²) in [5, 5.41) is 0. The maximum atomic E-state index is 12.8. The molecule has 0 N–H and O–H groups in total. The quantitative estimate of drug-likeness (QED) is 0.844. The molecule has 2 saturated heterocycles. The van der Waals surface area contributed by atoms with Gasteiger partial charge in [-0.1, -0.05) is 0 Å². The van der Waals surface area contributed by atoms with E-state index in [1.54, 1.807) is 12.4 Å². The molecule has 2 fully saturated rings. The summed E-state index contributed by atoms with van der Waals surface area (Å²) in [5.74, 6) is 0.138. The first kappa shape index (κ1) is 16.7. The van der Waals surface area contributed by atoms with Gasteiger partial charge in [0, 0.05) is 53.7 Å². The van der Waals surface area contributed by atoms with Gasteiger partial charge >= 0.3 is 0 Å². The van der Waals surface area contributed by atoms with E-state index in [9.17, 15) is 4.79 Å². The largest absolute Gasteiger partial charge is 0.338 e. The van der Waals surface area contributed by atoms with E-state index in [1.165, 1.54) is 22.6 Å². The highest BCUT2D eigenvalue weighted by Crippen LogP contribution is 2.40. The number of rotatable bonds is 3. The summed E-state index contributed by atoms with van der Waals surface area (Å²) in [4.78, 5) is 24.3. The van der Waals surface area contributed by atoms with E-state index in [0.29, 0.717) is 5.56 Å². The Labute approximate surface area is 153 Å². The number of hydrogen-bond acceptors (Lipinski definition) is 4. The van der Waals surface area contributed by atoms with Gasteiger partial charge in [0.15, 0.2) is 0 Å². The van der Waals surface area contributed by atoms with Crippen LogP contribution in [0.1, 0.15) is 39.4 Å². The SMILES string of the molecule is Cc1ccc(CN2CCC3(CCCN(C(=O)c4cccnc4)C3)C2)s1. The van der Waals surface area contributed by atoms with E-state index in [1.807, 2.05) is 23.5 Å². The first-order valence-electron chi connectivity index (χ1n) is 9.11. The molecule has 4 nitrogen and oxygen atoms in total. The number of amides is 1. The van der Waals surface area contributed by atoms with Gasteiger partial charge in [-0.05, 0) is 57.0 Å². The Morgan fingerprint density at radius 2 is 2.16 bits per heavy atom. The molecule has 0 radical (unpaired) electrons. The lowest BCUT2D eigenvalue weighted by atomic mass is 9.79. The minimum atomic E-state index is 0.138. The predicted octanol–water partition coefficient (Wildman–Crippen LogP) is 3.58.